The highest BCUT2D eigenvalue weighted by atomic mass is 16.3. The number of hydrogen-bond acceptors (Lipinski definition) is 8. The van der Waals surface area contributed by atoms with Crippen LogP contribution in [0.5, 0.6) is 0 Å². The number of benzene rings is 10. The van der Waals surface area contributed by atoms with Crippen molar-refractivity contribution in [1.29, 1.82) is 0 Å². The molecule has 0 aliphatic rings. The van der Waals surface area contributed by atoms with Crippen LogP contribution in [-0.4, -0.2) is 29.9 Å². The lowest BCUT2D eigenvalue weighted by Gasteiger charge is -2.15. The van der Waals surface area contributed by atoms with Crippen molar-refractivity contribution >= 4 is 65.9 Å². The Morgan fingerprint density at radius 3 is 1.30 bits per heavy atom. The SMILES string of the molecule is c1ccc(-c2cc(-c3ccccc3)nc(-c3ccccc3-c3c4ccccc4nc4c3oc3cccc(-c5ccc(-c6cc(-c7ccccc7-c7c8ccccc8nc8c7oc7ccccc78)nc(-c7ccccc7)n6)cc5)c34)n2)cc1. The van der Waals surface area contributed by atoms with E-state index in [1.165, 1.54) is 0 Å². The van der Waals surface area contributed by atoms with Gasteiger partial charge in [0.25, 0.3) is 0 Å². The Kier molecular flexibility index (Phi) is 11.0. The molecular weight excluding hydrogens is 1000 g/mol. The molecule has 8 heteroatoms. The van der Waals surface area contributed by atoms with Gasteiger partial charge in [0.05, 0.1) is 39.2 Å². The van der Waals surface area contributed by atoms with Crippen LogP contribution in [0.4, 0.5) is 0 Å². The number of rotatable bonds is 9. The summed E-state index contributed by atoms with van der Waals surface area (Å²) in [7, 11) is 0. The molecule has 0 atom stereocenters. The Morgan fingerprint density at radius 2 is 0.659 bits per heavy atom. The van der Waals surface area contributed by atoms with Gasteiger partial charge in [-0.25, -0.2) is 29.9 Å². The first-order chi connectivity index (χ1) is 40.6. The van der Waals surface area contributed by atoms with E-state index in [9.17, 15) is 0 Å². The molecule has 16 aromatic rings. The van der Waals surface area contributed by atoms with Gasteiger partial charge in [-0.3, -0.25) is 0 Å². The van der Waals surface area contributed by atoms with Gasteiger partial charge in [-0.05, 0) is 64.7 Å². The number of aromatic nitrogens is 6. The van der Waals surface area contributed by atoms with Crippen LogP contribution in [0.25, 0.3) is 167 Å². The molecule has 0 unspecified atom stereocenters. The molecule has 16 rings (SSSR count). The maximum Gasteiger partial charge on any atom is 0.162 e. The maximum absolute atomic E-state index is 7.06. The molecule has 10 aromatic carbocycles. The molecule has 82 heavy (non-hydrogen) atoms. The van der Waals surface area contributed by atoms with Crippen molar-refractivity contribution < 1.29 is 8.83 Å². The van der Waals surface area contributed by atoms with Gasteiger partial charge in [0.1, 0.15) is 22.2 Å². The molecule has 382 valence electrons. The van der Waals surface area contributed by atoms with E-state index in [0.29, 0.717) is 17.2 Å². The molecule has 0 saturated heterocycles. The van der Waals surface area contributed by atoms with Crippen LogP contribution < -0.4 is 0 Å². The minimum atomic E-state index is 0.615. The van der Waals surface area contributed by atoms with Gasteiger partial charge in [0, 0.05) is 60.7 Å². The van der Waals surface area contributed by atoms with E-state index in [1.807, 2.05) is 97.1 Å². The van der Waals surface area contributed by atoms with Gasteiger partial charge in [-0.15, -0.1) is 0 Å². The third-order valence-corrected chi connectivity index (χ3v) is 15.5. The topological polar surface area (TPSA) is 104 Å². The molecule has 8 nitrogen and oxygen atoms in total. The number of pyridine rings is 2. The van der Waals surface area contributed by atoms with Crippen LogP contribution in [0.2, 0.25) is 0 Å². The van der Waals surface area contributed by atoms with Gasteiger partial charge in [0.15, 0.2) is 22.8 Å². The Morgan fingerprint density at radius 1 is 0.244 bits per heavy atom. The van der Waals surface area contributed by atoms with Crippen LogP contribution in [0.1, 0.15) is 0 Å². The summed E-state index contributed by atoms with van der Waals surface area (Å²) in [4.78, 5) is 31.7. The first-order valence-electron chi connectivity index (χ1n) is 27.3. The van der Waals surface area contributed by atoms with Crippen molar-refractivity contribution in [3.8, 4) is 101 Å². The fraction of sp³-hybridized carbons (Fsp3) is 0. The summed E-state index contributed by atoms with van der Waals surface area (Å²) in [5, 5.41) is 3.87. The van der Waals surface area contributed by atoms with Gasteiger partial charge >= 0.3 is 0 Å². The summed E-state index contributed by atoms with van der Waals surface area (Å²) in [5.74, 6) is 1.24. The van der Waals surface area contributed by atoms with E-state index in [-0.39, 0.29) is 0 Å². The summed E-state index contributed by atoms with van der Waals surface area (Å²) in [6.45, 7) is 0. The molecule has 6 aromatic heterocycles. The maximum atomic E-state index is 7.06. The van der Waals surface area contributed by atoms with E-state index in [0.717, 1.165) is 150 Å². The lowest BCUT2D eigenvalue weighted by molar-refractivity contribution is 0.669. The predicted molar refractivity (Wildman–Crippen MR) is 332 cm³/mol. The second kappa shape index (κ2) is 19.3. The highest BCUT2D eigenvalue weighted by molar-refractivity contribution is 6.20. The molecular formula is C74H44N6O2. The number of hydrogen-bond donors (Lipinski definition) is 0. The molecule has 0 amide bonds. The van der Waals surface area contributed by atoms with Crippen molar-refractivity contribution in [3.63, 3.8) is 0 Å². The lowest BCUT2D eigenvalue weighted by atomic mass is 9.93. The number of fused-ring (bicyclic) bond motifs is 8. The van der Waals surface area contributed by atoms with Crippen molar-refractivity contribution in [2.24, 2.45) is 0 Å². The molecule has 6 heterocycles. The smallest absolute Gasteiger partial charge is 0.162 e. The second-order valence-electron chi connectivity index (χ2n) is 20.4. The molecule has 0 saturated carbocycles. The van der Waals surface area contributed by atoms with Crippen LogP contribution in [0.15, 0.2) is 276 Å². The minimum Gasteiger partial charge on any atom is -0.454 e. The fourth-order valence-electron chi connectivity index (χ4n) is 11.7. The van der Waals surface area contributed by atoms with Gasteiger partial charge in [0.2, 0.25) is 0 Å². The van der Waals surface area contributed by atoms with Crippen molar-refractivity contribution in [1.82, 2.24) is 29.9 Å². The zero-order valence-corrected chi connectivity index (χ0v) is 43.9. The highest BCUT2D eigenvalue weighted by Gasteiger charge is 2.25. The fourth-order valence-corrected chi connectivity index (χ4v) is 11.7. The van der Waals surface area contributed by atoms with Gasteiger partial charge in [-0.2, -0.15) is 0 Å². The molecule has 0 aliphatic carbocycles. The normalized spacial score (nSPS) is 11.7. The highest BCUT2D eigenvalue weighted by Crippen LogP contribution is 2.47. The summed E-state index contributed by atoms with van der Waals surface area (Å²) in [6, 6.07) is 91.3. The first-order valence-corrected chi connectivity index (χ1v) is 27.3. The predicted octanol–water partition coefficient (Wildman–Crippen LogP) is 19.2. The average Bonchev–Trinajstić information content (AvgIpc) is 3.98. The largest absolute Gasteiger partial charge is 0.454 e. The zero-order valence-electron chi connectivity index (χ0n) is 43.9. The van der Waals surface area contributed by atoms with Gasteiger partial charge in [-0.1, -0.05) is 224 Å². The Labute approximate surface area is 470 Å². The molecule has 0 radical (unpaired) electrons. The average molecular weight is 1050 g/mol. The third kappa shape index (κ3) is 7.92. The van der Waals surface area contributed by atoms with E-state index in [4.69, 9.17) is 38.7 Å². The van der Waals surface area contributed by atoms with E-state index in [2.05, 4.69) is 170 Å². The molecule has 0 fully saturated rings. The Balaban J connectivity index is 0.837. The second-order valence-corrected chi connectivity index (χ2v) is 20.4. The Hall–Kier alpha value is -11.2. The standard InChI is InChI=1S/C74H44N6O2/c1-4-21-46(22-5-1)60-43-61(47-23-6-2-7-24-47)79-74(78-60)54-30-13-12-29-53(54)67-56-32-15-18-36-59(56)76-70-68-50(34-20-38-65(68)82-72(67)70)45-39-41-48(42-40-45)62-44-63(80-73(77-62)49-25-8-3-9-26-49)51-27-10-11-28-52(51)66-55-31-14-17-35-58(55)75-69-57-33-16-19-37-64(57)81-71(66)69/h1-44H. The first kappa shape index (κ1) is 46.8. The molecule has 0 aliphatic heterocycles. The number of furan rings is 2. The van der Waals surface area contributed by atoms with Crippen LogP contribution >= 0.6 is 0 Å². The van der Waals surface area contributed by atoms with E-state index in [1.54, 1.807) is 0 Å². The van der Waals surface area contributed by atoms with Crippen molar-refractivity contribution in [2.45, 2.75) is 0 Å². The minimum absolute atomic E-state index is 0.615. The van der Waals surface area contributed by atoms with E-state index >= 15 is 0 Å². The monoisotopic (exact) mass is 1050 g/mol. The van der Waals surface area contributed by atoms with Gasteiger partial charge < -0.3 is 8.83 Å². The molecule has 0 bridgehead atoms. The zero-order chi connectivity index (χ0) is 54.1. The summed E-state index contributed by atoms with van der Waals surface area (Å²) in [6.07, 6.45) is 0. The summed E-state index contributed by atoms with van der Waals surface area (Å²) in [5.41, 5.74) is 21.1. The summed E-state index contributed by atoms with van der Waals surface area (Å²) >= 11 is 0. The summed E-state index contributed by atoms with van der Waals surface area (Å²) < 4.78 is 13.8. The van der Waals surface area contributed by atoms with E-state index < -0.39 is 0 Å². The third-order valence-electron chi connectivity index (χ3n) is 15.5. The Bertz CT molecular complexity index is 5100. The number of para-hydroxylation sites is 3. The van der Waals surface area contributed by atoms with Crippen molar-refractivity contribution in [3.05, 3.63) is 267 Å². The van der Waals surface area contributed by atoms with Crippen LogP contribution in [0.3, 0.4) is 0 Å². The van der Waals surface area contributed by atoms with Crippen LogP contribution in [-0.2, 0) is 0 Å². The van der Waals surface area contributed by atoms with Crippen molar-refractivity contribution in [2.75, 3.05) is 0 Å². The quantitative estimate of drug-likeness (QED) is 0.141. The van der Waals surface area contributed by atoms with Crippen LogP contribution in [0, 0.1) is 0 Å². The molecule has 0 spiro atoms. The lowest BCUT2D eigenvalue weighted by Crippen LogP contribution is -1.98. The number of nitrogens with zero attached hydrogens (tertiary/aromatic N) is 6. The molecule has 0 N–H and O–H groups in total.